The van der Waals surface area contributed by atoms with E-state index in [1.165, 1.54) is 12.8 Å². The van der Waals surface area contributed by atoms with Gasteiger partial charge in [0.25, 0.3) is 0 Å². The number of pyridine rings is 1. The number of ether oxygens (including phenoxy) is 1. The van der Waals surface area contributed by atoms with Crippen molar-refractivity contribution < 1.29 is 14.3 Å². The zero-order chi connectivity index (χ0) is 15.5. The van der Waals surface area contributed by atoms with Crippen molar-refractivity contribution in [1.29, 1.82) is 0 Å². The van der Waals surface area contributed by atoms with E-state index in [1.807, 2.05) is 11.0 Å². The molecule has 1 aliphatic heterocycles. The van der Waals surface area contributed by atoms with E-state index in [4.69, 9.17) is 4.74 Å². The second-order valence-electron chi connectivity index (χ2n) is 6.03. The number of nitrogens with one attached hydrogen (secondary N) is 1. The molecule has 1 saturated carbocycles. The maximum atomic E-state index is 12.3. The molecule has 2 aliphatic rings. The number of likely N-dealkylation sites (tertiary alicyclic amines) is 1. The maximum absolute atomic E-state index is 12.3. The molecule has 22 heavy (non-hydrogen) atoms. The van der Waals surface area contributed by atoms with Gasteiger partial charge in [0.1, 0.15) is 0 Å². The summed E-state index contributed by atoms with van der Waals surface area (Å²) in [6.07, 6.45) is 4.39. The smallest absolute Gasteiger partial charge is 0.225 e. The molecule has 1 atom stereocenters. The lowest BCUT2D eigenvalue weighted by Crippen LogP contribution is -2.33. The van der Waals surface area contributed by atoms with Crippen molar-refractivity contribution in [2.45, 2.75) is 25.8 Å². The van der Waals surface area contributed by atoms with Gasteiger partial charge >= 0.3 is 0 Å². The summed E-state index contributed by atoms with van der Waals surface area (Å²) in [6, 6.07) is 3.67. The number of hydrogen-bond acceptors (Lipinski definition) is 4. The molecule has 6 nitrogen and oxygen atoms in total. The fraction of sp³-hybridized carbons (Fsp3) is 0.562. The highest BCUT2D eigenvalue weighted by atomic mass is 16.5. The Hall–Kier alpha value is -2.11. The van der Waals surface area contributed by atoms with E-state index in [0.29, 0.717) is 31.3 Å². The van der Waals surface area contributed by atoms with Crippen LogP contribution in [0, 0.1) is 11.8 Å². The highest BCUT2D eigenvalue weighted by Crippen LogP contribution is 2.32. The molecule has 1 aliphatic carbocycles. The van der Waals surface area contributed by atoms with Gasteiger partial charge in [0.2, 0.25) is 17.7 Å². The Kier molecular flexibility index (Phi) is 4.27. The summed E-state index contributed by atoms with van der Waals surface area (Å²) in [5, 5.41) is 2.89. The summed E-state index contributed by atoms with van der Waals surface area (Å²) in [6.45, 7) is 1.73. The molecule has 1 saturated heterocycles. The maximum Gasteiger partial charge on any atom is 0.225 e. The first-order valence-electron chi connectivity index (χ1n) is 7.70. The third kappa shape index (κ3) is 3.37. The van der Waals surface area contributed by atoms with Crippen molar-refractivity contribution in [3.05, 3.63) is 23.9 Å². The second kappa shape index (κ2) is 6.34. The van der Waals surface area contributed by atoms with Crippen molar-refractivity contribution in [2.24, 2.45) is 11.8 Å². The highest BCUT2D eigenvalue weighted by Gasteiger charge is 2.36. The number of hydrogen-bond donors (Lipinski definition) is 1. The van der Waals surface area contributed by atoms with Crippen LogP contribution >= 0.6 is 0 Å². The molecule has 1 N–H and O–H groups in total. The number of aromatic nitrogens is 1. The summed E-state index contributed by atoms with van der Waals surface area (Å²) >= 11 is 0. The normalized spacial score (nSPS) is 21.0. The van der Waals surface area contributed by atoms with E-state index in [2.05, 4.69) is 10.3 Å². The Morgan fingerprint density at radius 1 is 1.50 bits per heavy atom. The van der Waals surface area contributed by atoms with Crippen molar-refractivity contribution >= 4 is 11.8 Å². The Morgan fingerprint density at radius 3 is 3.05 bits per heavy atom. The van der Waals surface area contributed by atoms with Crippen LogP contribution in [0.3, 0.4) is 0 Å². The number of rotatable bonds is 6. The zero-order valence-corrected chi connectivity index (χ0v) is 12.7. The van der Waals surface area contributed by atoms with Crippen LogP contribution in [0.1, 0.15) is 24.8 Å². The van der Waals surface area contributed by atoms with Gasteiger partial charge in [-0.25, -0.2) is 4.98 Å². The number of carbonyl (C=O) groups is 2. The minimum atomic E-state index is -0.242. The molecule has 3 rings (SSSR count). The van der Waals surface area contributed by atoms with Crippen LogP contribution in [-0.4, -0.2) is 41.9 Å². The van der Waals surface area contributed by atoms with Crippen LogP contribution in [0.2, 0.25) is 0 Å². The van der Waals surface area contributed by atoms with E-state index in [-0.39, 0.29) is 17.7 Å². The van der Waals surface area contributed by atoms with Crippen molar-refractivity contribution in [2.75, 3.05) is 20.2 Å². The number of carbonyl (C=O) groups excluding carboxylic acids is 2. The molecule has 2 heterocycles. The number of amides is 2. The SMILES string of the molecule is COc1ncccc1CNC(=O)[C@H]1CC(=O)N(CC2CC2)C1. The minimum absolute atomic E-state index is 0.0717. The lowest BCUT2D eigenvalue weighted by molar-refractivity contribution is -0.129. The molecule has 1 aromatic rings. The van der Waals surface area contributed by atoms with Crippen molar-refractivity contribution in [3.63, 3.8) is 0 Å². The summed E-state index contributed by atoms with van der Waals surface area (Å²) in [5.41, 5.74) is 0.831. The summed E-state index contributed by atoms with van der Waals surface area (Å²) in [4.78, 5) is 30.1. The first kappa shape index (κ1) is 14.8. The molecule has 2 fully saturated rings. The molecule has 0 radical (unpaired) electrons. The summed E-state index contributed by atoms with van der Waals surface area (Å²) in [7, 11) is 1.55. The van der Waals surface area contributed by atoms with Gasteiger partial charge in [-0.2, -0.15) is 0 Å². The van der Waals surface area contributed by atoms with Gasteiger partial charge in [-0.05, 0) is 24.8 Å². The first-order chi connectivity index (χ1) is 10.7. The van der Waals surface area contributed by atoms with E-state index < -0.39 is 0 Å². The van der Waals surface area contributed by atoms with Gasteiger partial charge < -0.3 is 15.0 Å². The fourth-order valence-corrected chi connectivity index (χ4v) is 2.81. The molecule has 0 bridgehead atoms. The second-order valence-corrected chi connectivity index (χ2v) is 6.03. The van der Waals surface area contributed by atoms with Crippen LogP contribution in [0.4, 0.5) is 0 Å². The summed E-state index contributed by atoms with van der Waals surface area (Å²) in [5.74, 6) is 0.962. The fourth-order valence-electron chi connectivity index (χ4n) is 2.81. The Balaban J connectivity index is 1.52. The van der Waals surface area contributed by atoms with E-state index in [0.717, 1.165) is 12.1 Å². The third-order valence-corrected chi connectivity index (χ3v) is 4.26. The van der Waals surface area contributed by atoms with Gasteiger partial charge in [0.05, 0.1) is 13.0 Å². The Labute approximate surface area is 129 Å². The molecule has 2 amide bonds. The largest absolute Gasteiger partial charge is 0.481 e. The topological polar surface area (TPSA) is 71.5 Å². The molecule has 0 spiro atoms. The van der Waals surface area contributed by atoms with Gasteiger partial charge in [-0.3, -0.25) is 9.59 Å². The van der Waals surface area contributed by atoms with Crippen LogP contribution in [-0.2, 0) is 16.1 Å². The zero-order valence-electron chi connectivity index (χ0n) is 12.7. The van der Waals surface area contributed by atoms with E-state index >= 15 is 0 Å². The quantitative estimate of drug-likeness (QED) is 0.850. The molecular weight excluding hydrogens is 282 g/mol. The predicted octanol–water partition coefficient (Wildman–Crippen LogP) is 0.965. The van der Waals surface area contributed by atoms with Gasteiger partial charge in [-0.1, -0.05) is 6.07 Å². The number of nitrogens with zero attached hydrogens (tertiary/aromatic N) is 2. The number of methoxy groups -OCH3 is 1. The molecular formula is C16H21N3O3. The van der Waals surface area contributed by atoms with Crippen LogP contribution in [0.25, 0.3) is 0 Å². The van der Waals surface area contributed by atoms with Crippen molar-refractivity contribution in [1.82, 2.24) is 15.2 Å². The third-order valence-electron chi connectivity index (χ3n) is 4.26. The molecule has 6 heteroatoms. The average Bonchev–Trinajstić information content (AvgIpc) is 3.27. The molecule has 0 unspecified atom stereocenters. The van der Waals surface area contributed by atoms with Crippen LogP contribution in [0.15, 0.2) is 18.3 Å². The van der Waals surface area contributed by atoms with E-state index in [9.17, 15) is 9.59 Å². The average molecular weight is 303 g/mol. The van der Waals surface area contributed by atoms with Gasteiger partial charge in [0.15, 0.2) is 0 Å². The predicted molar refractivity (Wildman–Crippen MR) is 80.0 cm³/mol. The van der Waals surface area contributed by atoms with Crippen molar-refractivity contribution in [3.8, 4) is 5.88 Å². The minimum Gasteiger partial charge on any atom is -0.481 e. The Morgan fingerprint density at radius 2 is 2.32 bits per heavy atom. The van der Waals surface area contributed by atoms with Gasteiger partial charge in [-0.15, -0.1) is 0 Å². The van der Waals surface area contributed by atoms with Crippen LogP contribution in [0.5, 0.6) is 5.88 Å². The molecule has 0 aromatic carbocycles. The lowest BCUT2D eigenvalue weighted by Gasteiger charge is -2.16. The van der Waals surface area contributed by atoms with E-state index in [1.54, 1.807) is 19.4 Å². The highest BCUT2D eigenvalue weighted by molar-refractivity contribution is 5.89. The molecule has 1 aromatic heterocycles. The molecule has 118 valence electrons. The van der Waals surface area contributed by atoms with Crippen LogP contribution < -0.4 is 10.1 Å². The lowest BCUT2D eigenvalue weighted by atomic mass is 10.1. The summed E-state index contributed by atoms with van der Waals surface area (Å²) < 4.78 is 5.16. The monoisotopic (exact) mass is 303 g/mol. The first-order valence-corrected chi connectivity index (χ1v) is 7.70. The standard InChI is InChI=1S/C16H21N3O3/c1-22-16-12(3-2-6-17-16)8-18-15(21)13-7-14(20)19(10-13)9-11-4-5-11/h2-3,6,11,13H,4-5,7-10H2,1H3,(H,18,21)/t13-/m0/s1. The Bertz CT molecular complexity index is 572. The van der Waals surface area contributed by atoms with Gasteiger partial charge in [0, 0.05) is 37.8 Å².